The third-order valence-corrected chi connectivity index (χ3v) is 3.35. The number of ketones is 2. The van der Waals surface area contributed by atoms with Crippen molar-refractivity contribution in [2.45, 2.75) is 26.6 Å². The molecule has 0 bridgehead atoms. The van der Waals surface area contributed by atoms with Crippen LogP contribution in [0.25, 0.3) is 0 Å². The number of pyridine rings is 1. The molecule has 10 heteroatoms. The van der Waals surface area contributed by atoms with E-state index in [0.717, 1.165) is 19.2 Å². The molecule has 0 aliphatic carbocycles. The smallest absolute Gasteiger partial charge is 0.468 e. The number of nitrogens with zero attached hydrogens (tertiary/aromatic N) is 1. The maximum absolute atomic E-state index is 12.5. The second-order valence-electron chi connectivity index (χ2n) is 5.29. The largest absolute Gasteiger partial charge is 0.573 e. The molecular weight excluding hydrogens is 367 g/mol. The number of methoxy groups -OCH3 is 1. The van der Waals surface area contributed by atoms with E-state index in [0.29, 0.717) is 0 Å². The third-order valence-electron chi connectivity index (χ3n) is 3.13. The van der Waals surface area contributed by atoms with Gasteiger partial charge < -0.3 is 9.47 Å². The number of carbonyl (C=O) groups is 3. The highest BCUT2D eigenvalue weighted by molar-refractivity contribution is 6.29. The molecule has 0 amide bonds. The van der Waals surface area contributed by atoms with Gasteiger partial charge in [0.1, 0.15) is 16.9 Å². The molecule has 1 aromatic rings. The first-order chi connectivity index (χ1) is 11.5. The fourth-order valence-corrected chi connectivity index (χ4v) is 1.98. The van der Waals surface area contributed by atoms with E-state index in [1.54, 1.807) is 13.8 Å². The van der Waals surface area contributed by atoms with Crippen LogP contribution in [0.1, 0.15) is 30.8 Å². The maximum atomic E-state index is 12.5. The van der Waals surface area contributed by atoms with Crippen molar-refractivity contribution in [3.63, 3.8) is 0 Å². The van der Waals surface area contributed by atoms with E-state index in [1.807, 2.05) is 0 Å². The number of hydrogen-bond acceptors (Lipinski definition) is 6. The highest BCUT2D eigenvalue weighted by atomic mass is 35.5. The molecule has 1 aromatic heterocycles. The van der Waals surface area contributed by atoms with E-state index in [4.69, 9.17) is 11.6 Å². The first-order valence-corrected chi connectivity index (χ1v) is 7.41. The van der Waals surface area contributed by atoms with E-state index in [1.165, 1.54) is 0 Å². The summed E-state index contributed by atoms with van der Waals surface area (Å²) in [6.07, 6.45) is -5.62. The van der Waals surface area contributed by atoms with Crippen molar-refractivity contribution in [3.8, 4) is 5.75 Å². The van der Waals surface area contributed by atoms with Gasteiger partial charge in [0.15, 0.2) is 17.2 Å². The van der Waals surface area contributed by atoms with Crippen molar-refractivity contribution in [3.05, 3.63) is 23.0 Å². The molecule has 138 valence electrons. The fourth-order valence-electron chi connectivity index (χ4n) is 1.83. The molecule has 0 fully saturated rings. The topological polar surface area (TPSA) is 82.6 Å². The third kappa shape index (κ3) is 6.00. The second-order valence-corrected chi connectivity index (χ2v) is 5.68. The lowest BCUT2D eigenvalue weighted by Gasteiger charge is -2.16. The molecule has 0 aliphatic rings. The minimum Gasteiger partial charge on any atom is -0.468 e. The Morgan fingerprint density at radius 2 is 1.84 bits per heavy atom. The molecule has 1 unspecified atom stereocenters. The van der Waals surface area contributed by atoms with E-state index < -0.39 is 53.6 Å². The van der Waals surface area contributed by atoms with Crippen LogP contribution in [0.5, 0.6) is 5.75 Å². The zero-order valence-corrected chi connectivity index (χ0v) is 14.3. The Balaban J connectivity index is 3.30. The van der Waals surface area contributed by atoms with Crippen LogP contribution < -0.4 is 4.74 Å². The van der Waals surface area contributed by atoms with Crippen molar-refractivity contribution in [2.75, 3.05) is 7.11 Å². The molecule has 1 heterocycles. The summed E-state index contributed by atoms with van der Waals surface area (Å²) in [4.78, 5) is 39.8. The molecule has 0 saturated heterocycles. The number of esters is 1. The van der Waals surface area contributed by atoms with Gasteiger partial charge in [-0.2, -0.15) is 0 Å². The molecule has 0 saturated carbocycles. The van der Waals surface area contributed by atoms with Gasteiger partial charge >= 0.3 is 12.3 Å². The van der Waals surface area contributed by atoms with Gasteiger partial charge in [-0.3, -0.25) is 14.4 Å². The van der Waals surface area contributed by atoms with Crippen LogP contribution >= 0.6 is 11.6 Å². The fraction of sp³-hybridized carbons (Fsp3) is 0.467. The highest BCUT2D eigenvalue weighted by Gasteiger charge is 2.37. The number of halogens is 4. The predicted octanol–water partition coefficient (Wildman–Crippen LogP) is 3.22. The molecular formula is C15H15ClF3NO5. The van der Waals surface area contributed by atoms with Crippen molar-refractivity contribution in [1.82, 2.24) is 4.98 Å². The lowest BCUT2D eigenvalue weighted by molar-refractivity contribution is -0.274. The molecule has 0 aliphatic heterocycles. The van der Waals surface area contributed by atoms with Crippen LogP contribution in [0.4, 0.5) is 13.2 Å². The van der Waals surface area contributed by atoms with Gasteiger partial charge in [-0.25, -0.2) is 4.98 Å². The van der Waals surface area contributed by atoms with E-state index >= 15 is 0 Å². The average Bonchev–Trinajstić information content (AvgIpc) is 2.51. The number of Topliss-reactive ketones (excluding diaryl/α,β-unsaturated/α-hetero) is 2. The summed E-state index contributed by atoms with van der Waals surface area (Å²) < 4.78 is 45.7. The lowest BCUT2D eigenvalue weighted by atomic mass is 9.91. The predicted molar refractivity (Wildman–Crippen MR) is 80.2 cm³/mol. The Bertz CT molecular complexity index is 676. The number of ether oxygens (including phenoxy) is 2. The van der Waals surface area contributed by atoms with Gasteiger partial charge in [-0.1, -0.05) is 25.4 Å². The Kier molecular flexibility index (Phi) is 6.92. The zero-order chi connectivity index (χ0) is 19.4. The summed E-state index contributed by atoms with van der Waals surface area (Å²) in [5, 5.41) is -0.281. The van der Waals surface area contributed by atoms with E-state index in [9.17, 15) is 27.6 Å². The number of rotatable bonds is 7. The Morgan fingerprint density at radius 3 is 2.32 bits per heavy atom. The number of alkyl halides is 3. The van der Waals surface area contributed by atoms with Crippen LogP contribution in [-0.2, 0) is 14.3 Å². The number of aromatic nitrogens is 1. The molecule has 1 atom stereocenters. The molecule has 0 N–H and O–H groups in total. The van der Waals surface area contributed by atoms with Crippen molar-refractivity contribution in [2.24, 2.45) is 11.8 Å². The minimum atomic E-state index is -5.08. The summed E-state index contributed by atoms with van der Waals surface area (Å²) in [6.45, 7) is 3.11. The van der Waals surface area contributed by atoms with Gasteiger partial charge in [-0.05, 0) is 12.1 Å². The monoisotopic (exact) mass is 381 g/mol. The summed E-state index contributed by atoms with van der Waals surface area (Å²) in [5.41, 5.74) is -0.809. The molecule has 1 rings (SSSR count). The Labute approximate surface area is 146 Å². The van der Waals surface area contributed by atoms with Crippen LogP contribution in [0.2, 0.25) is 5.15 Å². The van der Waals surface area contributed by atoms with E-state index in [-0.39, 0.29) is 5.15 Å². The van der Waals surface area contributed by atoms with Gasteiger partial charge in [0.2, 0.25) is 0 Å². The summed E-state index contributed by atoms with van der Waals surface area (Å²) in [5.74, 6) is -5.72. The zero-order valence-electron chi connectivity index (χ0n) is 13.5. The quantitative estimate of drug-likeness (QED) is 0.312. The van der Waals surface area contributed by atoms with Crippen LogP contribution in [0, 0.1) is 11.8 Å². The highest BCUT2D eigenvalue weighted by Crippen LogP contribution is 2.29. The van der Waals surface area contributed by atoms with Gasteiger partial charge in [0, 0.05) is 12.3 Å². The van der Waals surface area contributed by atoms with Gasteiger partial charge in [-0.15, -0.1) is 13.2 Å². The van der Waals surface area contributed by atoms with Crippen molar-refractivity contribution >= 4 is 29.1 Å². The number of carbonyl (C=O) groups excluding carboxylic acids is 3. The second kappa shape index (κ2) is 8.28. The number of hydrogen-bond donors (Lipinski definition) is 0. The van der Waals surface area contributed by atoms with Crippen LogP contribution in [0.3, 0.4) is 0 Å². The molecule has 25 heavy (non-hydrogen) atoms. The maximum Gasteiger partial charge on any atom is 0.573 e. The molecule has 0 aromatic carbocycles. The Morgan fingerprint density at radius 1 is 1.24 bits per heavy atom. The summed E-state index contributed by atoms with van der Waals surface area (Å²) in [6, 6.07) is 1.79. The SMILES string of the molecule is COC(=O)C(CC(=O)C(C)C)C(=O)c1nc(Cl)ccc1OC(F)(F)F. The standard InChI is InChI=1S/C15H15ClF3NO5/c1-7(2)9(21)6-8(14(23)24-3)13(22)12-10(25-15(17,18)19)4-5-11(16)20-12/h4-5,7-8H,6H2,1-3H3. The Hall–Kier alpha value is -2.16. The molecule has 6 nitrogen and oxygen atoms in total. The van der Waals surface area contributed by atoms with E-state index in [2.05, 4.69) is 14.5 Å². The van der Waals surface area contributed by atoms with Crippen LogP contribution in [-0.4, -0.2) is 36.0 Å². The summed E-state index contributed by atoms with van der Waals surface area (Å²) >= 11 is 5.62. The van der Waals surface area contributed by atoms with Crippen molar-refractivity contribution in [1.29, 1.82) is 0 Å². The van der Waals surface area contributed by atoms with Gasteiger partial charge in [0.05, 0.1) is 7.11 Å². The lowest BCUT2D eigenvalue weighted by Crippen LogP contribution is -2.31. The van der Waals surface area contributed by atoms with Crippen LogP contribution in [0.15, 0.2) is 12.1 Å². The van der Waals surface area contributed by atoms with Gasteiger partial charge in [0.25, 0.3) is 0 Å². The first-order valence-electron chi connectivity index (χ1n) is 7.03. The minimum absolute atomic E-state index is 0.281. The average molecular weight is 382 g/mol. The summed E-state index contributed by atoms with van der Waals surface area (Å²) in [7, 11) is 0.987. The molecule has 0 radical (unpaired) electrons. The normalized spacial score (nSPS) is 12.6. The first kappa shape index (κ1) is 20.9. The molecule has 0 spiro atoms. The van der Waals surface area contributed by atoms with Crippen molar-refractivity contribution < 1.29 is 37.0 Å².